The van der Waals surface area contributed by atoms with E-state index in [-0.39, 0.29) is 23.8 Å². The van der Waals surface area contributed by atoms with Gasteiger partial charge in [0.1, 0.15) is 5.41 Å². The van der Waals surface area contributed by atoms with E-state index in [0.717, 1.165) is 44.2 Å². The largest absolute Gasteiger partial charge is 0.468 e. The lowest BCUT2D eigenvalue weighted by Gasteiger charge is -2.52. The highest BCUT2D eigenvalue weighted by atomic mass is 16.5. The Hall–Kier alpha value is -4.18. The topological polar surface area (TPSA) is 52.6 Å². The van der Waals surface area contributed by atoms with Gasteiger partial charge < -0.3 is 9.47 Å². The Morgan fingerprint density at radius 2 is 1.39 bits per heavy atom. The smallest absolute Gasteiger partial charge is 0.338 e. The Bertz CT molecular complexity index is 1580. The van der Waals surface area contributed by atoms with Gasteiger partial charge in [-0.2, -0.15) is 0 Å². The summed E-state index contributed by atoms with van der Waals surface area (Å²) in [6.07, 6.45) is 4.36. The van der Waals surface area contributed by atoms with E-state index in [1.165, 1.54) is 14.2 Å². The minimum atomic E-state index is -1.14. The quantitative estimate of drug-likeness (QED) is 0.266. The Morgan fingerprint density at radius 3 is 2.06 bits per heavy atom. The summed E-state index contributed by atoms with van der Waals surface area (Å²) in [5.41, 5.74) is 5.52. The number of allylic oxidation sites excluding steroid dienone is 2. The van der Waals surface area contributed by atoms with Gasteiger partial charge >= 0.3 is 11.9 Å². The van der Waals surface area contributed by atoms with E-state index >= 15 is 0 Å². The van der Waals surface area contributed by atoms with Crippen LogP contribution in [-0.4, -0.2) is 26.2 Å². The van der Waals surface area contributed by atoms with Gasteiger partial charge in [-0.05, 0) is 44.2 Å². The summed E-state index contributed by atoms with van der Waals surface area (Å²) in [6, 6.07) is 26.6. The highest BCUT2D eigenvalue weighted by Crippen LogP contribution is 2.63. The first-order chi connectivity index (χ1) is 17.6. The minimum Gasteiger partial charge on any atom is -0.468 e. The standard InChI is InChI=1S/C32H24O4/c1-35-30(33)29-19-10-4-3-9-18(19)17-23-20-15-16-26(28(23)29)32(31(34)36-2)24-13-7-5-11-21(24)27(20)22-12-6-8-14-25(22)32/h3-17,20,26-27H,1-2H3. The third-order valence-electron chi connectivity index (χ3n) is 8.47. The van der Waals surface area contributed by atoms with Crippen LogP contribution in [0.25, 0.3) is 10.8 Å². The molecule has 0 radical (unpaired) electrons. The van der Waals surface area contributed by atoms with E-state index < -0.39 is 11.3 Å². The molecule has 0 amide bonds. The lowest BCUT2D eigenvalue weighted by Crippen LogP contribution is -2.50. The van der Waals surface area contributed by atoms with Gasteiger partial charge in [-0.15, -0.1) is 0 Å². The number of rotatable bonds is 2. The molecule has 4 aromatic carbocycles. The molecule has 2 unspecified atom stereocenters. The number of carbonyl (C=O) groups is 2. The molecule has 8 rings (SSSR count). The van der Waals surface area contributed by atoms with Crippen LogP contribution in [0, 0.1) is 0 Å². The van der Waals surface area contributed by atoms with Gasteiger partial charge in [0.15, 0.2) is 0 Å². The van der Waals surface area contributed by atoms with Crippen molar-refractivity contribution in [3.63, 3.8) is 0 Å². The molecule has 4 aromatic rings. The monoisotopic (exact) mass is 472 g/mol. The molecule has 0 saturated carbocycles. The fourth-order valence-electron chi connectivity index (χ4n) is 7.20. The number of ether oxygens (including phenoxy) is 2. The molecule has 4 aliphatic carbocycles. The van der Waals surface area contributed by atoms with E-state index in [4.69, 9.17) is 9.47 Å². The number of carbonyl (C=O) groups excluding carboxylic acids is 2. The molecule has 0 N–H and O–H groups in total. The van der Waals surface area contributed by atoms with Crippen LogP contribution in [0.4, 0.5) is 0 Å². The molecule has 0 fully saturated rings. The summed E-state index contributed by atoms with van der Waals surface area (Å²) in [5, 5.41) is 1.82. The van der Waals surface area contributed by atoms with Crippen LogP contribution < -0.4 is 0 Å². The molecule has 176 valence electrons. The summed E-state index contributed by atoms with van der Waals surface area (Å²) >= 11 is 0. The van der Waals surface area contributed by atoms with Crippen molar-refractivity contribution < 1.29 is 19.1 Å². The Kier molecular flexibility index (Phi) is 4.35. The van der Waals surface area contributed by atoms with Crippen molar-refractivity contribution in [1.82, 2.24) is 0 Å². The lowest BCUT2D eigenvalue weighted by molar-refractivity contribution is -0.146. The molecule has 0 heterocycles. The SMILES string of the molecule is COC(=O)c1c2c(cc3ccccc13)C1C=CC2C2(C(=O)OC)c3ccccc3C1c1ccccc12. The predicted octanol–water partition coefficient (Wildman–Crippen LogP) is 5.98. The van der Waals surface area contributed by atoms with Crippen molar-refractivity contribution in [2.75, 3.05) is 14.2 Å². The summed E-state index contributed by atoms with van der Waals surface area (Å²) in [6.45, 7) is 0. The second kappa shape index (κ2) is 7.41. The van der Waals surface area contributed by atoms with Crippen LogP contribution >= 0.6 is 0 Å². The number of hydrogen-bond donors (Lipinski definition) is 0. The first-order valence-corrected chi connectivity index (χ1v) is 12.2. The van der Waals surface area contributed by atoms with Gasteiger partial charge in [0.05, 0.1) is 19.8 Å². The second-order valence-electron chi connectivity index (χ2n) is 9.81. The third-order valence-corrected chi connectivity index (χ3v) is 8.47. The zero-order chi connectivity index (χ0) is 24.6. The number of methoxy groups -OCH3 is 2. The maximum Gasteiger partial charge on any atom is 0.338 e. The van der Waals surface area contributed by atoms with E-state index in [0.29, 0.717) is 5.56 Å². The molecule has 4 bridgehead atoms. The Morgan fingerprint density at radius 1 is 0.750 bits per heavy atom. The molecule has 4 heteroatoms. The number of fused-ring (bicyclic) bond motifs is 1. The van der Waals surface area contributed by atoms with Crippen molar-refractivity contribution in [1.29, 1.82) is 0 Å². The third kappa shape index (κ3) is 2.39. The Balaban J connectivity index is 1.71. The van der Waals surface area contributed by atoms with Crippen LogP contribution in [0.1, 0.15) is 61.5 Å². The molecule has 0 saturated heterocycles. The molecular weight excluding hydrogens is 448 g/mol. The zero-order valence-electron chi connectivity index (χ0n) is 20.0. The number of hydrogen-bond acceptors (Lipinski definition) is 4. The lowest BCUT2D eigenvalue weighted by atomic mass is 9.49. The van der Waals surface area contributed by atoms with E-state index in [1.54, 1.807) is 0 Å². The maximum atomic E-state index is 14.2. The predicted molar refractivity (Wildman–Crippen MR) is 137 cm³/mol. The average Bonchev–Trinajstić information content (AvgIpc) is 2.92. The van der Waals surface area contributed by atoms with Crippen LogP contribution in [0.5, 0.6) is 0 Å². The van der Waals surface area contributed by atoms with Gasteiger partial charge in [0.2, 0.25) is 0 Å². The number of benzene rings is 4. The van der Waals surface area contributed by atoms with Crippen molar-refractivity contribution in [3.05, 3.63) is 130 Å². The van der Waals surface area contributed by atoms with Crippen molar-refractivity contribution in [3.8, 4) is 0 Å². The van der Waals surface area contributed by atoms with Gasteiger partial charge in [-0.1, -0.05) is 91.0 Å². The fraction of sp³-hybridized carbons (Fsp3) is 0.188. The molecule has 2 atom stereocenters. The van der Waals surface area contributed by atoms with Gasteiger partial charge in [0, 0.05) is 17.8 Å². The summed E-state index contributed by atoms with van der Waals surface area (Å²) < 4.78 is 11.0. The van der Waals surface area contributed by atoms with Crippen molar-refractivity contribution >= 4 is 22.7 Å². The Labute approximate surface area is 209 Å². The fourth-order valence-corrected chi connectivity index (χ4v) is 7.20. The summed E-state index contributed by atoms with van der Waals surface area (Å²) in [7, 11) is 2.87. The van der Waals surface area contributed by atoms with E-state index in [2.05, 4.69) is 42.5 Å². The van der Waals surface area contributed by atoms with E-state index in [1.807, 2.05) is 48.5 Å². The first-order valence-electron chi connectivity index (χ1n) is 12.2. The molecule has 0 spiro atoms. The second-order valence-corrected chi connectivity index (χ2v) is 9.81. The maximum absolute atomic E-state index is 14.2. The van der Waals surface area contributed by atoms with Gasteiger partial charge in [0.25, 0.3) is 0 Å². The highest BCUT2D eigenvalue weighted by molar-refractivity contribution is 6.08. The van der Waals surface area contributed by atoms with E-state index in [9.17, 15) is 9.59 Å². The molecular formula is C32H24O4. The minimum absolute atomic E-state index is 0.00177. The normalized spacial score (nSPS) is 24.3. The average molecular weight is 473 g/mol. The van der Waals surface area contributed by atoms with Crippen molar-refractivity contribution in [2.24, 2.45) is 0 Å². The van der Waals surface area contributed by atoms with Crippen molar-refractivity contribution in [2.45, 2.75) is 23.2 Å². The van der Waals surface area contributed by atoms with Crippen LogP contribution in [-0.2, 0) is 19.7 Å². The van der Waals surface area contributed by atoms with Crippen LogP contribution in [0.2, 0.25) is 0 Å². The van der Waals surface area contributed by atoms with Crippen LogP contribution in [0.3, 0.4) is 0 Å². The molecule has 4 nitrogen and oxygen atoms in total. The summed E-state index contributed by atoms with van der Waals surface area (Å²) in [5.74, 6) is -1.16. The number of esters is 2. The van der Waals surface area contributed by atoms with Gasteiger partial charge in [-0.3, -0.25) is 4.79 Å². The molecule has 0 aromatic heterocycles. The van der Waals surface area contributed by atoms with Gasteiger partial charge in [-0.25, -0.2) is 4.79 Å². The molecule has 0 aliphatic heterocycles. The first kappa shape index (κ1) is 21.1. The van der Waals surface area contributed by atoms with Crippen LogP contribution in [0.15, 0.2) is 91.0 Å². The highest BCUT2D eigenvalue weighted by Gasteiger charge is 2.59. The molecule has 36 heavy (non-hydrogen) atoms. The zero-order valence-corrected chi connectivity index (χ0v) is 20.0. The molecule has 4 aliphatic rings. The summed E-state index contributed by atoms with van der Waals surface area (Å²) in [4.78, 5) is 27.6.